The molecule has 3 N–H and O–H groups in total. The molecule has 0 aliphatic heterocycles. The molecule has 0 atom stereocenters. The van der Waals surface area contributed by atoms with Crippen LogP contribution in [0.4, 0.5) is 5.69 Å². The van der Waals surface area contributed by atoms with Crippen LogP contribution in [0.15, 0.2) is 70.5 Å². The van der Waals surface area contributed by atoms with Gasteiger partial charge in [0.25, 0.3) is 0 Å². The van der Waals surface area contributed by atoms with Gasteiger partial charge < -0.3 is 20.3 Å². The molecule has 9 nitrogen and oxygen atoms in total. The standard InChI is InChI=1S/C22H18N6O3S/c1-30-19-9-15-14-6-2-3-7-17(14)31-18(15)10-16(19)25-20(29)12-32-22-27-26-21(28(22)23)13-5-4-8-24-11-13/h2-11H,12,23H2,1H3,(H,25,29). The molecule has 2 aromatic carbocycles. The molecule has 5 rings (SSSR count). The first kappa shape index (κ1) is 19.9. The van der Waals surface area contributed by atoms with E-state index in [1.807, 2.05) is 36.4 Å². The van der Waals surface area contributed by atoms with Crippen LogP contribution in [-0.2, 0) is 4.79 Å². The Balaban J connectivity index is 1.33. The molecular weight excluding hydrogens is 428 g/mol. The first-order valence-corrected chi connectivity index (χ1v) is 10.7. The number of carbonyl (C=O) groups is 1. The number of benzene rings is 2. The van der Waals surface area contributed by atoms with Crippen molar-refractivity contribution in [2.45, 2.75) is 5.16 Å². The van der Waals surface area contributed by atoms with E-state index in [-0.39, 0.29) is 11.7 Å². The third-order valence-electron chi connectivity index (χ3n) is 4.89. The number of hydrogen-bond acceptors (Lipinski definition) is 8. The van der Waals surface area contributed by atoms with Gasteiger partial charge in [0.15, 0.2) is 5.82 Å². The first-order valence-electron chi connectivity index (χ1n) is 9.67. The fourth-order valence-electron chi connectivity index (χ4n) is 3.40. The molecule has 160 valence electrons. The smallest absolute Gasteiger partial charge is 0.234 e. The lowest BCUT2D eigenvalue weighted by Crippen LogP contribution is -2.17. The Morgan fingerprint density at radius 1 is 1.16 bits per heavy atom. The number of rotatable bonds is 6. The van der Waals surface area contributed by atoms with Gasteiger partial charge in [-0.2, -0.15) is 0 Å². The first-order chi connectivity index (χ1) is 15.6. The number of ether oxygens (including phenoxy) is 1. The van der Waals surface area contributed by atoms with Crippen molar-refractivity contribution >= 4 is 45.3 Å². The van der Waals surface area contributed by atoms with Gasteiger partial charge in [0.1, 0.15) is 16.9 Å². The number of furan rings is 1. The molecule has 0 saturated carbocycles. The minimum absolute atomic E-state index is 0.0870. The SMILES string of the molecule is COc1cc2c(cc1NC(=O)CSc1nnc(-c3cccnc3)n1N)oc1ccccc12. The Morgan fingerprint density at radius 2 is 2.03 bits per heavy atom. The van der Waals surface area contributed by atoms with Crippen molar-refractivity contribution in [3.63, 3.8) is 0 Å². The van der Waals surface area contributed by atoms with E-state index >= 15 is 0 Å². The predicted octanol–water partition coefficient (Wildman–Crippen LogP) is 3.69. The number of amides is 1. The van der Waals surface area contributed by atoms with Crippen LogP contribution in [-0.4, -0.2) is 38.6 Å². The zero-order chi connectivity index (χ0) is 22.1. The molecule has 5 aromatic rings. The van der Waals surface area contributed by atoms with Crippen LogP contribution >= 0.6 is 11.8 Å². The Morgan fingerprint density at radius 3 is 2.84 bits per heavy atom. The van der Waals surface area contributed by atoms with Crippen LogP contribution in [0.2, 0.25) is 0 Å². The number of nitrogens with two attached hydrogens (primary N) is 1. The van der Waals surface area contributed by atoms with Crippen molar-refractivity contribution in [2.75, 3.05) is 24.0 Å². The second kappa shape index (κ2) is 8.23. The fraction of sp³-hybridized carbons (Fsp3) is 0.0909. The topological polar surface area (TPSA) is 121 Å². The molecule has 3 heterocycles. The molecule has 0 fully saturated rings. The summed E-state index contributed by atoms with van der Waals surface area (Å²) < 4.78 is 12.7. The summed E-state index contributed by atoms with van der Waals surface area (Å²) in [6.07, 6.45) is 3.31. The summed E-state index contributed by atoms with van der Waals surface area (Å²) in [6.45, 7) is 0. The molecule has 0 aliphatic rings. The molecular formula is C22H18N6O3S. The molecule has 0 radical (unpaired) electrons. The van der Waals surface area contributed by atoms with Crippen molar-refractivity contribution in [3.8, 4) is 17.1 Å². The minimum atomic E-state index is -0.241. The van der Waals surface area contributed by atoms with Crippen LogP contribution < -0.4 is 15.9 Å². The quantitative estimate of drug-likeness (QED) is 0.299. The zero-order valence-electron chi connectivity index (χ0n) is 17.0. The van der Waals surface area contributed by atoms with Crippen LogP contribution in [0.5, 0.6) is 5.75 Å². The zero-order valence-corrected chi connectivity index (χ0v) is 17.8. The van der Waals surface area contributed by atoms with Crippen molar-refractivity contribution in [1.82, 2.24) is 19.9 Å². The Labute approximate surface area is 186 Å². The molecule has 32 heavy (non-hydrogen) atoms. The highest BCUT2D eigenvalue weighted by Gasteiger charge is 2.16. The van der Waals surface area contributed by atoms with E-state index in [0.717, 1.165) is 21.9 Å². The molecule has 0 spiro atoms. The normalized spacial score (nSPS) is 11.2. The highest BCUT2D eigenvalue weighted by Crippen LogP contribution is 2.36. The van der Waals surface area contributed by atoms with Crippen molar-refractivity contribution in [3.05, 3.63) is 60.9 Å². The highest BCUT2D eigenvalue weighted by atomic mass is 32.2. The van der Waals surface area contributed by atoms with E-state index in [9.17, 15) is 4.79 Å². The van der Waals surface area contributed by atoms with E-state index in [0.29, 0.717) is 28.0 Å². The lowest BCUT2D eigenvalue weighted by atomic mass is 10.1. The number of nitrogens with zero attached hydrogens (tertiary/aromatic N) is 4. The molecule has 3 aromatic heterocycles. The number of pyridine rings is 1. The summed E-state index contributed by atoms with van der Waals surface area (Å²) in [6, 6.07) is 15.0. The number of anilines is 1. The molecule has 0 saturated heterocycles. The van der Waals surface area contributed by atoms with Crippen LogP contribution in [0.3, 0.4) is 0 Å². The van der Waals surface area contributed by atoms with Gasteiger partial charge in [-0.25, -0.2) is 4.68 Å². The summed E-state index contributed by atoms with van der Waals surface area (Å²) in [5.74, 6) is 6.96. The van der Waals surface area contributed by atoms with Gasteiger partial charge in [-0.3, -0.25) is 9.78 Å². The number of carbonyl (C=O) groups excluding carboxylic acids is 1. The number of methoxy groups -OCH3 is 1. The number of aromatic nitrogens is 4. The highest BCUT2D eigenvalue weighted by molar-refractivity contribution is 7.99. The lowest BCUT2D eigenvalue weighted by Gasteiger charge is -2.10. The third kappa shape index (κ3) is 3.60. The number of fused-ring (bicyclic) bond motifs is 3. The Hall–Kier alpha value is -4.05. The largest absolute Gasteiger partial charge is 0.495 e. The maximum absolute atomic E-state index is 12.6. The lowest BCUT2D eigenvalue weighted by molar-refractivity contribution is -0.113. The van der Waals surface area contributed by atoms with E-state index in [2.05, 4.69) is 20.5 Å². The van der Waals surface area contributed by atoms with Crippen LogP contribution in [0.1, 0.15) is 0 Å². The van der Waals surface area contributed by atoms with Gasteiger partial charge in [0, 0.05) is 34.8 Å². The number of nitrogens with one attached hydrogen (secondary N) is 1. The number of hydrogen-bond donors (Lipinski definition) is 2. The molecule has 10 heteroatoms. The molecule has 0 bridgehead atoms. The van der Waals surface area contributed by atoms with Crippen molar-refractivity contribution < 1.29 is 13.9 Å². The van der Waals surface area contributed by atoms with Gasteiger partial charge in [0.05, 0.1) is 18.6 Å². The fourth-order valence-corrected chi connectivity index (χ4v) is 4.06. The second-order valence-electron chi connectivity index (χ2n) is 6.90. The monoisotopic (exact) mass is 446 g/mol. The summed E-state index contributed by atoms with van der Waals surface area (Å²) in [5, 5.41) is 13.4. The van der Waals surface area contributed by atoms with E-state index < -0.39 is 0 Å². The van der Waals surface area contributed by atoms with E-state index in [1.54, 1.807) is 31.6 Å². The second-order valence-corrected chi connectivity index (χ2v) is 7.84. The van der Waals surface area contributed by atoms with Crippen molar-refractivity contribution in [2.24, 2.45) is 0 Å². The number of para-hydroxylation sites is 1. The maximum atomic E-state index is 12.6. The van der Waals surface area contributed by atoms with Gasteiger partial charge >= 0.3 is 0 Å². The van der Waals surface area contributed by atoms with Crippen LogP contribution in [0.25, 0.3) is 33.3 Å². The van der Waals surface area contributed by atoms with Crippen molar-refractivity contribution in [1.29, 1.82) is 0 Å². The summed E-state index contributed by atoms with van der Waals surface area (Å²) in [5.41, 5.74) is 2.70. The van der Waals surface area contributed by atoms with Crippen LogP contribution in [0, 0.1) is 0 Å². The van der Waals surface area contributed by atoms with Gasteiger partial charge in [-0.1, -0.05) is 30.0 Å². The third-order valence-corrected chi connectivity index (χ3v) is 5.83. The molecule has 0 aliphatic carbocycles. The maximum Gasteiger partial charge on any atom is 0.234 e. The number of nitrogen functional groups attached to an aromatic ring is 1. The minimum Gasteiger partial charge on any atom is -0.495 e. The average Bonchev–Trinajstić information content (AvgIpc) is 3.37. The number of thioether (sulfide) groups is 1. The summed E-state index contributed by atoms with van der Waals surface area (Å²) in [4.78, 5) is 16.7. The Kier molecular flexibility index (Phi) is 5.12. The molecule has 0 unspecified atom stereocenters. The van der Waals surface area contributed by atoms with Gasteiger partial charge in [-0.15, -0.1) is 10.2 Å². The predicted molar refractivity (Wildman–Crippen MR) is 123 cm³/mol. The summed E-state index contributed by atoms with van der Waals surface area (Å²) in [7, 11) is 1.56. The van der Waals surface area contributed by atoms with E-state index in [1.165, 1.54) is 16.4 Å². The van der Waals surface area contributed by atoms with E-state index in [4.69, 9.17) is 15.0 Å². The average molecular weight is 446 g/mol. The molecule has 1 amide bonds. The van der Waals surface area contributed by atoms with Gasteiger partial charge in [0.2, 0.25) is 11.1 Å². The Bertz CT molecular complexity index is 1430. The summed E-state index contributed by atoms with van der Waals surface area (Å²) >= 11 is 1.18. The van der Waals surface area contributed by atoms with Gasteiger partial charge in [-0.05, 0) is 24.3 Å².